The predicted octanol–water partition coefficient (Wildman–Crippen LogP) is 5.52. The number of amides is 3. The molecule has 1 aromatic heterocycles. The summed E-state index contributed by atoms with van der Waals surface area (Å²) in [4.78, 5) is 51.7. The Balaban J connectivity index is 1.28. The van der Waals surface area contributed by atoms with Crippen molar-refractivity contribution >= 4 is 44.5 Å². The van der Waals surface area contributed by atoms with Gasteiger partial charge >= 0.3 is 6.09 Å². The molecule has 53 heavy (non-hydrogen) atoms. The third-order valence-electron chi connectivity index (χ3n) is 9.23. The molecule has 1 aliphatic carbocycles. The van der Waals surface area contributed by atoms with Crippen molar-refractivity contribution in [2.45, 2.75) is 96.2 Å². The molecule has 0 saturated heterocycles. The van der Waals surface area contributed by atoms with Gasteiger partial charge in [0, 0.05) is 30.6 Å². The normalized spacial score (nSPS) is 17.0. The fourth-order valence-corrected chi connectivity index (χ4v) is 7.91. The van der Waals surface area contributed by atoms with Crippen LogP contribution in [0, 0.1) is 18.8 Å². The summed E-state index contributed by atoms with van der Waals surface area (Å²) >= 11 is 0. The Morgan fingerprint density at radius 3 is 2.26 bits per heavy atom. The van der Waals surface area contributed by atoms with Crippen molar-refractivity contribution in [3.8, 4) is 11.1 Å². The van der Waals surface area contributed by atoms with E-state index in [-0.39, 0.29) is 40.7 Å². The molecule has 0 spiro atoms. The molecule has 5 rings (SSSR count). The maximum atomic E-state index is 13.8. The molecule has 3 amide bonds. The number of aromatic nitrogens is 2. The smallest absolute Gasteiger partial charge is 0.407 e. The standard InChI is InChI=1S/C39H50N6O7S/c1-23(2)45-53(50,51)30-16-18-31(24(3)19-30)27-11-7-25(8-12-27)20-34(37(48)41-29-15-17-32-33(21-29)43-44-36(32)47)42-35(46)28-13-9-26(10-14-28)22-40-38(49)52-39(4,5)6/h7-8,11-12,15-19,21,23,26,28,34,45H,9-10,13-14,20,22H2,1-6H3,(H,40,49)(H,41,48)(H,42,46)(H2,43,44,47)/t26-,28-,34-/m0/s1. The maximum Gasteiger partial charge on any atom is 0.407 e. The number of H-pyrrole nitrogens is 2. The molecule has 1 atom stereocenters. The summed E-state index contributed by atoms with van der Waals surface area (Å²) in [6.45, 7) is 11.3. The van der Waals surface area contributed by atoms with Crippen LogP contribution >= 0.6 is 0 Å². The van der Waals surface area contributed by atoms with Crippen LogP contribution in [-0.2, 0) is 30.8 Å². The first kappa shape index (κ1) is 39.3. The highest BCUT2D eigenvalue weighted by molar-refractivity contribution is 7.89. The first-order valence-electron chi connectivity index (χ1n) is 18.0. The molecule has 4 aromatic rings. The van der Waals surface area contributed by atoms with Crippen LogP contribution in [0.3, 0.4) is 0 Å². The number of nitrogens with one attached hydrogen (secondary N) is 6. The number of hydrogen-bond acceptors (Lipinski definition) is 7. The van der Waals surface area contributed by atoms with E-state index in [0.29, 0.717) is 36.0 Å². The van der Waals surface area contributed by atoms with Crippen molar-refractivity contribution in [3.05, 3.63) is 82.1 Å². The van der Waals surface area contributed by atoms with Crippen molar-refractivity contribution in [1.82, 2.24) is 25.6 Å². The quantitative estimate of drug-likeness (QED) is 0.110. The van der Waals surface area contributed by atoms with E-state index in [4.69, 9.17) is 4.74 Å². The molecule has 1 saturated carbocycles. The van der Waals surface area contributed by atoms with Gasteiger partial charge < -0.3 is 20.7 Å². The van der Waals surface area contributed by atoms with Gasteiger partial charge in [-0.15, -0.1) is 0 Å². The number of aryl methyl sites for hydroxylation is 1. The number of ether oxygens (including phenoxy) is 1. The summed E-state index contributed by atoms with van der Waals surface area (Å²) in [5, 5.41) is 14.5. The Hall–Kier alpha value is -4.95. The highest BCUT2D eigenvalue weighted by Crippen LogP contribution is 2.30. The van der Waals surface area contributed by atoms with Crippen LogP contribution in [0.25, 0.3) is 22.0 Å². The number of anilines is 1. The van der Waals surface area contributed by atoms with E-state index in [2.05, 4.69) is 30.9 Å². The summed E-state index contributed by atoms with van der Waals surface area (Å²) in [5.74, 6) is -0.668. The minimum absolute atomic E-state index is 0.196. The van der Waals surface area contributed by atoms with Crippen LogP contribution < -0.4 is 26.2 Å². The summed E-state index contributed by atoms with van der Waals surface area (Å²) in [5.41, 5.74) is 3.53. The van der Waals surface area contributed by atoms with Gasteiger partial charge in [-0.25, -0.2) is 17.9 Å². The zero-order chi connectivity index (χ0) is 38.5. The topological polar surface area (TPSA) is 191 Å². The van der Waals surface area contributed by atoms with Crippen LogP contribution in [0.5, 0.6) is 0 Å². The lowest BCUT2D eigenvalue weighted by atomic mass is 9.81. The van der Waals surface area contributed by atoms with Gasteiger partial charge in [-0.2, -0.15) is 0 Å². The van der Waals surface area contributed by atoms with Gasteiger partial charge in [-0.1, -0.05) is 30.3 Å². The molecule has 1 fully saturated rings. The van der Waals surface area contributed by atoms with Gasteiger partial charge in [0.1, 0.15) is 11.6 Å². The number of carbonyl (C=O) groups is 3. The maximum absolute atomic E-state index is 13.8. The van der Waals surface area contributed by atoms with Gasteiger partial charge in [0.05, 0.1) is 15.8 Å². The number of aromatic amines is 2. The number of hydrogen-bond donors (Lipinski definition) is 6. The highest BCUT2D eigenvalue weighted by atomic mass is 32.2. The SMILES string of the molecule is Cc1cc(S(=O)(=O)NC(C)C)ccc1-c1ccc(C[C@H](NC(=O)[C@H]2CC[C@H](CNC(=O)OC(C)(C)C)CC2)C(=O)Nc2ccc3c(=O)[nH][nH]c3c2)cc1. The molecule has 1 aliphatic rings. The summed E-state index contributed by atoms with van der Waals surface area (Å²) in [7, 11) is -3.63. The van der Waals surface area contributed by atoms with E-state index in [1.54, 1.807) is 50.2 Å². The molecular formula is C39H50N6O7S. The first-order valence-corrected chi connectivity index (χ1v) is 19.5. The molecule has 0 bridgehead atoms. The van der Waals surface area contributed by atoms with Crippen LogP contribution in [0.1, 0.15) is 71.4 Å². The minimum atomic E-state index is -3.63. The second kappa shape index (κ2) is 16.4. The van der Waals surface area contributed by atoms with E-state index in [0.717, 1.165) is 35.1 Å². The predicted molar refractivity (Wildman–Crippen MR) is 205 cm³/mol. The lowest BCUT2D eigenvalue weighted by Gasteiger charge is -2.29. The molecule has 0 unspecified atom stereocenters. The largest absolute Gasteiger partial charge is 0.444 e. The molecule has 0 aliphatic heterocycles. The third kappa shape index (κ3) is 10.6. The Morgan fingerprint density at radius 2 is 1.62 bits per heavy atom. The number of carbonyl (C=O) groups excluding carboxylic acids is 3. The van der Waals surface area contributed by atoms with E-state index in [9.17, 15) is 27.6 Å². The van der Waals surface area contributed by atoms with Crippen molar-refractivity contribution < 1.29 is 27.5 Å². The molecule has 1 heterocycles. The van der Waals surface area contributed by atoms with Crippen molar-refractivity contribution in [3.63, 3.8) is 0 Å². The van der Waals surface area contributed by atoms with Crippen LogP contribution in [-0.4, -0.2) is 60.8 Å². The number of sulfonamides is 1. The molecule has 6 N–H and O–H groups in total. The number of fused-ring (bicyclic) bond motifs is 1. The van der Waals surface area contributed by atoms with Crippen molar-refractivity contribution in [2.75, 3.05) is 11.9 Å². The average Bonchev–Trinajstić information content (AvgIpc) is 3.45. The third-order valence-corrected chi connectivity index (χ3v) is 10.9. The molecular weight excluding hydrogens is 697 g/mol. The van der Waals surface area contributed by atoms with Gasteiger partial charge in [0.15, 0.2) is 0 Å². The Bertz CT molecular complexity index is 2110. The fourth-order valence-electron chi connectivity index (χ4n) is 6.58. The lowest BCUT2D eigenvalue weighted by molar-refractivity contribution is -0.130. The van der Waals surface area contributed by atoms with E-state index in [1.807, 2.05) is 52.0 Å². The van der Waals surface area contributed by atoms with Gasteiger partial charge in [-0.05, 0) is 126 Å². The first-order chi connectivity index (χ1) is 25.0. The number of benzene rings is 3. The zero-order valence-electron chi connectivity index (χ0n) is 31.1. The average molecular weight is 747 g/mol. The second-order valence-electron chi connectivity index (χ2n) is 15.1. The highest BCUT2D eigenvalue weighted by Gasteiger charge is 2.30. The summed E-state index contributed by atoms with van der Waals surface area (Å²) < 4.78 is 33.3. The summed E-state index contributed by atoms with van der Waals surface area (Å²) in [6, 6.07) is 16.4. The molecule has 284 valence electrons. The Labute approximate surface area is 310 Å². The van der Waals surface area contributed by atoms with Gasteiger partial charge in [-0.3, -0.25) is 24.6 Å². The zero-order valence-corrected chi connectivity index (χ0v) is 31.9. The molecule has 3 aromatic carbocycles. The van der Waals surface area contributed by atoms with Crippen LogP contribution in [0.4, 0.5) is 10.5 Å². The van der Waals surface area contributed by atoms with Gasteiger partial charge in [0.2, 0.25) is 21.8 Å². The Morgan fingerprint density at radius 1 is 0.925 bits per heavy atom. The van der Waals surface area contributed by atoms with Gasteiger partial charge in [0.25, 0.3) is 5.56 Å². The van der Waals surface area contributed by atoms with Crippen LogP contribution in [0.2, 0.25) is 0 Å². The summed E-state index contributed by atoms with van der Waals surface area (Å²) in [6.07, 6.45) is 2.51. The van der Waals surface area contributed by atoms with Crippen molar-refractivity contribution in [1.29, 1.82) is 0 Å². The minimum Gasteiger partial charge on any atom is -0.444 e. The van der Waals surface area contributed by atoms with E-state index in [1.165, 1.54) is 0 Å². The molecule has 0 radical (unpaired) electrons. The monoisotopic (exact) mass is 746 g/mol. The van der Waals surface area contributed by atoms with Crippen molar-refractivity contribution in [2.24, 2.45) is 11.8 Å². The lowest BCUT2D eigenvalue weighted by Crippen LogP contribution is -2.48. The second-order valence-corrected chi connectivity index (χ2v) is 16.9. The number of rotatable bonds is 12. The molecule has 13 nitrogen and oxygen atoms in total. The van der Waals surface area contributed by atoms with Crippen LogP contribution in [0.15, 0.2) is 70.4 Å². The fraction of sp³-hybridized carbons (Fsp3) is 0.436. The molecule has 14 heteroatoms. The Kier molecular flexibility index (Phi) is 12.1. The number of alkyl carbamates (subject to hydrolysis) is 1. The van der Waals surface area contributed by atoms with E-state index < -0.39 is 33.7 Å². The van der Waals surface area contributed by atoms with E-state index >= 15 is 0 Å².